The number of aliphatic hydroxyl groups is 1. The average molecular weight is 453 g/mol. The van der Waals surface area contributed by atoms with Gasteiger partial charge in [-0.15, -0.1) is 24.0 Å². The molecule has 1 unspecified atom stereocenters. The zero-order chi connectivity index (χ0) is 17.2. The Morgan fingerprint density at radius 1 is 1.04 bits per heavy atom. The molecule has 25 heavy (non-hydrogen) atoms. The lowest BCUT2D eigenvalue weighted by Gasteiger charge is -2.14. The Kier molecular flexibility index (Phi) is 10.2. The van der Waals surface area contributed by atoms with Gasteiger partial charge in [0.05, 0.1) is 12.6 Å². The molecule has 0 aliphatic carbocycles. The van der Waals surface area contributed by atoms with Crippen molar-refractivity contribution in [1.82, 2.24) is 10.6 Å². The number of rotatable bonds is 7. The van der Waals surface area contributed by atoms with Crippen LogP contribution in [0.15, 0.2) is 59.6 Å². The number of halogens is 1. The number of hydrogen-bond acceptors (Lipinski definition) is 2. The van der Waals surface area contributed by atoms with E-state index < -0.39 is 6.10 Å². The number of aliphatic hydroxyl groups excluding tert-OH is 1. The largest absolute Gasteiger partial charge is 0.388 e. The van der Waals surface area contributed by atoms with E-state index in [2.05, 4.69) is 34.7 Å². The van der Waals surface area contributed by atoms with Gasteiger partial charge in [-0.1, -0.05) is 54.6 Å². The van der Waals surface area contributed by atoms with Gasteiger partial charge in [-0.3, -0.25) is 0 Å². The summed E-state index contributed by atoms with van der Waals surface area (Å²) in [6.45, 7) is 6.25. The van der Waals surface area contributed by atoms with Crippen LogP contribution in [-0.2, 0) is 6.54 Å². The van der Waals surface area contributed by atoms with Crippen LogP contribution in [0, 0.1) is 6.92 Å². The lowest BCUT2D eigenvalue weighted by molar-refractivity contribution is 0.168. The van der Waals surface area contributed by atoms with Crippen LogP contribution in [0.1, 0.15) is 36.1 Å². The van der Waals surface area contributed by atoms with E-state index >= 15 is 0 Å². The van der Waals surface area contributed by atoms with E-state index in [9.17, 15) is 5.11 Å². The third kappa shape index (κ3) is 7.44. The highest BCUT2D eigenvalue weighted by atomic mass is 127. The molecular weight excluding hydrogens is 425 g/mol. The van der Waals surface area contributed by atoms with Crippen LogP contribution >= 0.6 is 24.0 Å². The number of nitrogens with one attached hydrogen (secondary N) is 2. The molecule has 5 heteroatoms. The smallest absolute Gasteiger partial charge is 0.191 e. The first-order valence-corrected chi connectivity index (χ1v) is 8.50. The number of nitrogens with zero attached hydrogens (tertiary/aromatic N) is 1. The van der Waals surface area contributed by atoms with Crippen molar-refractivity contribution in [2.24, 2.45) is 4.99 Å². The van der Waals surface area contributed by atoms with Crippen LogP contribution in [0.25, 0.3) is 0 Å². The molecule has 0 radical (unpaired) electrons. The van der Waals surface area contributed by atoms with Crippen LogP contribution in [0.5, 0.6) is 0 Å². The lowest BCUT2D eigenvalue weighted by atomic mass is 10.1. The number of aliphatic imine (C=N–C) groups is 1. The van der Waals surface area contributed by atoms with E-state index in [1.165, 1.54) is 11.1 Å². The van der Waals surface area contributed by atoms with E-state index in [1.807, 2.05) is 49.4 Å². The summed E-state index contributed by atoms with van der Waals surface area (Å²) >= 11 is 0. The van der Waals surface area contributed by atoms with E-state index in [0.717, 1.165) is 18.1 Å². The van der Waals surface area contributed by atoms with Crippen LogP contribution in [0.2, 0.25) is 0 Å². The minimum Gasteiger partial charge on any atom is -0.388 e. The number of hydrogen-bond donors (Lipinski definition) is 3. The minimum absolute atomic E-state index is 0. The molecule has 0 fully saturated rings. The topological polar surface area (TPSA) is 56.7 Å². The average Bonchev–Trinajstić information content (AvgIpc) is 2.61. The second-order valence-corrected chi connectivity index (χ2v) is 5.76. The van der Waals surface area contributed by atoms with Gasteiger partial charge < -0.3 is 15.7 Å². The van der Waals surface area contributed by atoms with Crippen molar-refractivity contribution in [3.8, 4) is 0 Å². The normalized spacial score (nSPS) is 12.2. The maximum atomic E-state index is 10.2. The molecule has 1 atom stereocenters. The van der Waals surface area contributed by atoms with Crippen LogP contribution in [0.4, 0.5) is 0 Å². The number of aryl methyl sites for hydroxylation is 1. The number of benzene rings is 2. The highest BCUT2D eigenvalue weighted by molar-refractivity contribution is 14.0. The molecule has 0 bridgehead atoms. The van der Waals surface area contributed by atoms with Crippen molar-refractivity contribution in [2.45, 2.75) is 32.9 Å². The quantitative estimate of drug-likeness (QED) is 0.340. The molecule has 0 aromatic heterocycles. The Labute approximate surface area is 167 Å². The second-order valence-electron chi connectivity index (χ2n) is 5.76. The molecule has 0 spiro atoms. The van der Waals surface area contributed by atoms with Crippen molar-refractivity contribution in [1.29, 1.82) is 0 Å². The Bertz CT molecular complexity index is 646. The fourth-order valence-electron chi connectivity index (χ4n) is 2.46. The summed E-state index contributed by atoms with van der Waals surface area (Å²) < 4.78 is 0. The molecule has 4 nitrogen and oxygen atoms in total. The zero-order valence-electron chi connectivity index (χ0n) is 14.9. The Hall–Kier alpha value is -1.60. The highest BCUT2D eigenvalue weighted by Crippen LogP contribution is 2.14. The van der Waals surface area contributed by atoms with Crippen molar-refractivity contribution in [3.63, 3.8) is 0 Å². The van der Waals surface area contributed by atoms with E-state index in [-0.39, 0.29) is 24.0 Å². The van der Waals surface area contributed by atoms with Crippen molar-refractivity contribution < 1.29 is 5.11 Å². The molecule has 2 aromatic carbocycles. The van der Waals surface area contributed by atoms with Gasteiger partial charge in [0.15, 0.2) is 5.96 Å². The minimum atomic E-state index is -0.460. The van der Waals surface area contributed by atoms with Gasteiger partial charge in [-0.2, -0.15) is 0 Å². The fourth-order valence-corrected chi connectivity index (χ4v) is 2.46. The third-order valence-electron chi connectivity index (χ3n) is 3.91. The molecule has 0 amide bonds. The van der Waals surface area contributed by atoms with Crippen LogP contribution in [0.3, 0.4) is 0 Å². The lowest BCUT2D eigenvalue weighted by Crippen LogP contribution is -2.38. The van der Waals surface area contributed by atoms with Gasteiger partial charge in [-0.05, 0) is 37.0 Å². The standard InChI is InChI=1S/C20H27N3O.HI/c1-3-21-20(23-15-18-12-8-7-9-16(18)2)22-14-13-19(24)17-10-5-4-6-11-17;/h4-12,19,24H,3,13-15H2,1-2H3,(H2,21,22,23);1H. The van der Waals surface area contributed by atoms with E-state index in [4.69, 9.17) is 0 Å². The molecule has 0 aliphatic rings. The SMILES string of the molecule is CCNC(=NCc1ccccc1C)NCCC(O)c1ccccc1.I. The third-order valence-corrected chi connectivity index (χ3v) is 3.91. The van der Waals surface area contributed by atoms with Crippen LogP contribution in [-0.4, -0.2) is 24.2 Å². The molecule has 0 saturated heterocycles. The molecule has 136 valence electrons. The van der Waals surface area contributed by atoms with E-state index in [1.54, 1.807) is 0 Å². The fraction of sp³-hybridized carbons (Fsp3) is 0.350. The molecule has 3 N–H and O–H groups in total. The first kappa shape index (κ1) is 21.4. The van der Waals surface area contributed by atoms with E-state index in [0.29, 0.717) is 19.5 Å². The first-order chi connectivity index (χ1) is 11.7. The van der Waals surface area contributed by atoms with Gasteiger partial charge >= 0.3 is 0 Å². The summed E-state index contributed by atoms with van der Waals surface area (Å²) in [4.78, 5) is 4.63. The molecule has 0 aliphatic heterocycles. The predicted molar refractivity (Wildman–Crippen MR) is 115 cm³/mol. The van der Waals surface area contributed by atoms with Gasteiger partial charge in [0.1, 0.15) is 0 Å². The summed E-state index contributed by atoms with van der Waals surface area (Å²) in [5.74, 6) is 0.779. The Morgan fingerprint density at radius 3 is 2.40 bits per heavy atom. The van der Waals surface area contributed by atoms with Gasteiger partial charge in [0.2, 0.25) is 0 Å². The van der Waals surface area contributed by atoms with Gasteiger partial charge in [0, 0.05) is 13.1 Å². The monoisotopic (exact) mass is 453 g/mol. The molecule has 0 saturated carbocycles. The van der Waals surface area contributed by atoms with Crippen LogP contribution < -0.4 is 10.6 Å². The second kappa shape index (κ2) is 11.9. The maximum Gasteiger partial charge on any atom is 0.191 e. The molecule has 0 heterocycles. The highest BCUT2D eigenvalue weighted by Gasteiger charge is 2.07. The predicted octanol–water partition coefficient (Wildman–Crippen LogP) is 3.79. The van der Waals surface area contributed by atoms with Gasteiger partial charge in [-0.25, -0.2) is 4.99 Å². The molecular formula is C20H28IN3O. The maximum absolute atomic E-state index is 10.2. The van der Waals surface area contributed by atoms with Crippen molar-refractivity contribution in [2.75, 3.05) is 13.1 Å². The van der Waals surface area contributed by atoms with Gasteiger partial charge in [0.25, 0.3) is 0 Å². The summed E-state index contributed by atoms with van der Waals surface area (Å²) in [6.07, 6.45) is 0.177. The summed E-state index contributed by atoms with van der Waals surface area (Å²) in [5, 5.41) is 16.7. The zero-order valence-corrected chi connectivity index (χ0v) is 17.2. The summed E-state index contributed by atoms with van der Waals surface area (Å²) in [6, 6.07) is 18.0. The Balaban J connectivity index is 0.00000312. The summed E-state index contributed by atoms with van der Waals surface area (Å²) in [5.41, 5.74) is 3.41. The molecule has 2 aromatic rings. The Morgan fingerprint density at radius 2 is 1.72 bits per heavy atom. The number of guanidine groups is 1. The van der Waals surface area contributed by atoms with Crippen molar-refractivity contribution in [3.05, 3.63) is 71.3 Å². The summed E-state index contributed by atoms with van der Waals surface area (Å²) in [7, 11) is 0. The van der Waals surface area contributed by atoms with Crippen molar-refractivity contribution >= 4 is 29.9 Å². The molecule has 2 rings (SSSR count). The first-order valence-electron chi connectivity index (χ1n) is 8.50.